The number of benzene rings is 1. The van der Waals surface area contributed by atoms with E-state index >= 15 is 0 Å². The first kappa shape index (κ1) is 10.7. The molecule has 0 amide bonds. The summed E-state index contributed by atoms with van der Waals surface area (Å²) in [5.41, 5.74) is -0.524. The van der Waals surface area contributed by atoms with Crippen molar-refractivity contribution in [1.29, 1.82) is 5.26 Å². The molecule has 0 saturated carbocycles. The quantitative estimate of drug-likeness (QED) is 0.422. The van der Waals surface area contributed by atoms with Gasteiger partial charge in [0.1, 0.15) is 18.1 Å². The fourth-order valence-electron chi connectivity index (χ4n) is 1.11. The molecule has 0 heterocycles. The number of nitrogens with zero attached hydrogens (tertiary/aromatic N) is 2. The van der Waals surface area contributed by atoms with Gasteiger partial charge in [-0.25, -0.2) is 0 Å². The molecule has 0 spiro atoms. The van der Waals surface area contributed by atoms with E-state index in [1.54, 1.807) is 6.07 Å². The van der Waals surface area contributed by atoms with Crippen LogP contribution in [0, 0.1) is 21.4 Å². The molecule has 6 heteroatoms. The number of carbonyl (C=O) groups is 1. The lowest BCUT2D eigenvalue weighted by Gasteiger charge is -2.03. The van der Waals surface area contributed by atoms with E-state index in [1.807, 2.05) is 0 Å². The van der Waals surface area contributed by atoms with Crippen LogP contribution < -0.4 is 4.74 Å². The van der Waals surface area contributed by atoms with Gasteiger partial charge in [-0.05, 0) is 6.07 Å². The van der Waals surface area contributed by atoms with Gasteiger partial charge in [0.25, 0.3) is 5.69 Å². The van der Waals surface area contributed by atoms with Crippen LogP contribution in [0.5, 0.6) is 5.75 Å². The molecular formula is C9H6N2O4. The number of rotatable bonds is 3. The topological polar surface area (TPSA) is 93.2 Å². The third-order valence-corrected chi connectivity index (χ3v) is 1.77. The van der Waals surface area contributed by atoms with Crippen molar-refractivity contribution in [3.63, 3.8) is 0 Å². The molecule has 1 aromatic carbocycles. The molecule has 76 valence electrons. The second-order valence-corrected chi connectivity index (χ2v) is 2.60. The Morgan fingerprint density at radius 2 is 2.27 bits per heavy atom. The number of hydrogen-bond acceptors (Lipinski definition) is 5. The fraction of sp³-hybridized carbons (Fsp3) is 0.111. The summed E-state index contributed by atoms with van der Waals surface area (Å²) in [6.07, 6.45) is 0.455. The zero-order valence-electron chi connectivity index (χ0n) is 7.76. The van der Waals surface area contributed by atoms with E-state index in [0.29, 0.717) is 6.29 Å². The first-order chi connectivity index (χ1) is 7.13. The molecule has 1 rings (SSSR count). The third-order valence-electron chi connectivity index (χ3n) is 1.77. The average Bonchev–Trinajstić information content (AvgIpc) is 2.26. The molecular weight excluding hydrogens is 200 g/mol. The zero-order valence-corrected chi connectivity index (χ0v) is 7.76. The summed E-state index contributed by atoms with van der Waals surface area (Å²) in [6.45, 7) is 0. The molecule has 0 atom stereocenters. The molecule has 0 aliphatic rings. The summed E-state index contributed by atoms with van der Waals surface area (Å²) in [7, 11) is 1.27. The number of carbonyl (C=O) groups excluding carboxylic acids is 1. The van der Waals surface area contributed by atoms with Crippen LogP contribution in [0.15, 0.2) is 12.1 Å². The second-order valence-electron chi connectivity index (χ2n) is 2.60. The lowest BCUT2D eigenvalue weighted by atomic mass is 10.1. The van der Waals surface area contributed by atoms with Crippen molar-refractivity contribution < 1.29 is 14.5 Å². The Bertz CT molecular complexity index is 462. The summed E-state index contributed by atoms with van der Waals surface area (Å²) in [6, 6.07) is 3.98. The Balaban J connectivity index is 3.54. The molecule has 0 aromatic heterocycles. The summed E-state index contributed by atoms with van der Waals surface area (Å²) >= 11 is 0. The maximum atomic E-state index is 10.6. The van der Waals surface area contributed by atoms with Gasteiger partial charge >= 0.3 is 0 Å². The fourth-order valence-corrected chi connectivity index (χ4v) is 1.11. The predicted octanol–water partition coefficient (Wildman–Crippen LogP) is 1.29. The van der Waals surface area contributed by atoms with Gasteiger partial charge in [0.15, 0.2) is 5.56 Å². The van der Waals surface area contributed by atoms with Crippen molar-refractivity contribution in [3.05, 3.63) is 33.4 Å². The van der Waals surface area contributed by atoms with Crippen molar-refractivity contribution >= 4 is 12.0 Å². The van der Waals surface area contributed by atoms with Crippen LogP contribution in [0.4, 0.5) is 5.69 Å². The minimum absolute atomic E-state index is 0.0220. The van der Waals surface area contributed by atoms with E-state index < -0.39 is 10.6 Å². The van der Waals surface area contributed by atoms with E-state index in [9.17, 15) is 14.9 Å². The minimum Gasteiger partial charge on any atom is -0.495 e. The van der Waals surface area contributed by atoms with Crippen molar-refractivity contribution in [2.75, 3.05) is 7.11 Å². The van der Waals surface area contributed by atoms with E-state index in [-0.39, 0.29) is 16.9 Å². The first-order valence-electron chi connectivity index (χ1n) is 3.85. The van der Waals surface area contributed by atoms with Crippen LogP contribution in [-0.4, -0.2) is 18.3 Å². The SMILES string of the molecule is COc1cc(C=O)cc([N+](=O)[O-])c1C#N. The maximum absolute atomic E-state index is 10.6. The Hall–Kier alpha value is -2.42. The average molecular weight is 206 g/mol. The molecule has 6 nitrogen and oxygen atoms in total. The number of aldehydes is 1. The molecule has 0 N–H and O–H groups in total. The van der Waals surface area contributed by atoms with Crippen LogP contribution in [0.3, 0.4) is 0 Å². The van der Waals surface area contributed by atoms with Crippen LogP contribution in [0.25, 0.3) is 0 Å². The standard InChI is InChI=1S/C9H6N2O4/c1-15-9-3-6(5-12)2-8(11(13)14)7(9)4-10/h2-3,5H,1H3. The van der Waals surface area contributed by atoms with Gasteiger partial charge in [0.2, 0.25) is 0 Å². The normalized spacial score (nSPS) is 9.07. The highest BCUT2D eigenvalue weighted by Gasteiger charge is 2.19. The number of nitriles is 1. The van der Waals surface area contributed by atoms with E-state index in [1.165, 1.54) is 13.2 Å². The summed E-state index contributed by atoms with van der Waals surface area (Å²) < 4.78 is 4.78. The van der Waals surface area contributed by atoms with Gasteiger partial charge in [-0.3, -0.25) is 14.9 Å². The van der Waals surface area contributed by atoms with Crippen LogP contribution in [0.1, 0.15) is 15.9 Å². The molecule has 0 fully saturated rings. The maximum Gasteiger partial charge on any atom is 0.291 e. The largest absolute Gasteiger partial charge is 0.495 e. The van der Waals surface area contributed by atoms with Gasteiger partial charge in [-0.2, -0.15) is 5.26 Å². The highest BCUT2D eigenvalue weighted by atomic mass is 16.6. The van der Waals surface area contributed by atoms with Crippen LogP contribution in [0.2, 0.25) is 0 Å². The lowest BCUT2D eigenvalue weighted by Crippen LogP contribution is -1.98. The van der Waals surface area contributed by atoms with Crippen molar-refractivity contribution in [3.8, 4) is 11.8 Å². The molecule has 0 bridgehead atoms. The molecule has 0 radical (unpaired) electrons. The zero-order chi connectivity index (χ0) is 11.4. The number of ether oxygens (including phenoxy) is 1. The summed E-state index contributed by atoms with van der Waals surface area (Å²) in [4.78, 5) is 20.4. The third kappa shape index (κ3) is 1.91. The molecule has 1 aromatic rings. The molecule has 0 saturated heterocycles. The Labute approximate surface area is 84.8 Å². The molecule has 0 aliphatic heterocycles. The van der Waals surface area contributed by atoms with Gasteiger partial charge in [0.05, 0.1) is 12.0 Å². The molecule has 15 heavy (non-hydrogen) atoms. The number of nitro groups is 1. The first-order valence-corrected chi connectivity index (χ1v) is 3.85. The van der Waals surface area contributed by atoms with Crippen molar-refractivity contribution in [2.24, 2.45) is 0 Å². The molecule has 0 unspecified atom stereocenters. The minimum atomic E-state index is -0.728. The van der Waals surface area contributed by atoms with Gasteiger partial charge in [0, 0.05) is 11.6 Å². The Morgan fingerprint density at radius 1 is 1.60 bits per heavy atom. The monoisotopic (exact) mass is 206 g/mol. The van der Waals surface area contributed by atoms with Gasteiger partial charge in [-0.1, -0.05) is 0 Å². The van der Waals surface area contributed by atoms with Crippen LogP contribution >= 0.6 is 0 Å². The van der Waals surface area contributed by atoms with E-state index in [4.69, 9.17) is 10.00 Å². The number of hydrogen-bond donors (Lipinski definition) is 0. The van der Waals surface area contributed by atoms with Crippen molar-refractivity contribution in [2.45, 2.75) is 0 Å². The second kappa shape index (κ2) is 4.19. The highest BCUT2D eigenvalue weighted by Crippen LogP contribution is 2.28. The van der Waals surface area contributed by atoms with E-state index in [2.05, 4.69) is 0 Å². The smallest absolute Gasteiger partial charge is 0.291 e. The number of methoxy groups -OCH3 is 1. The van der Waals surface area contributed by atoms with Crippen LogP contribution in [-0.2, 0) is 0 Å². The Kier molecular flexibility index (Phi) is 2.98. The lowest BCUT2D eigenvalue weighted by molar-refractivity contribution is -0.385. The van der Waals surface area contributed by atoms with E-state index in [0.717, 1.165) is 6.07 Å². The van der Waals surface area contributed by atoms with Crippen molar-refractivity contribution in [1.82, 2.24) is 0 Å². The molecule has 0 aliphatic carbocycles. The Morgan fingerprint density at radius 3 is 2.67 bits per heavy atom. The highest BCUT2D eigenvalue weighted by molar-refractivity contribution is 5.79. The number of nitro benzene ring substituents is 1. The predicted molar refractivity (Wildman–Crippen MR) is 49.8 cm³/mol. The summed E-state index contributed by atoms with van der Waals surface area (Å²) in [5, 5.41) is 19.3. The summed E-state index contributed by atoms with van der Waals surface area (Å²) in [5.74, 6) is 0.0220. The van der Waals surface area contributed by atoms with Gasteiger partial charge in [-0.15, -0.1) is 0 Å². The van der Waals surface area contributed by atoms with Gasteiger partial charge < -0.3 is 4.74 Å².